The molecule has 3 N–H and O–H groups in total. The summed E-state index contributed by atoms with van der Waals surface area (Å²) in [5, 5.41) is 11.3. The van der Waals surface area contributed by atoms with Gasteiger partial charge in [-0.1, -0.05) is 6.07 Å². The first-order chi connectivity index (χ1) is 9.19. The fraction of sp³-hybridized carbons (Fsp3) is 0.500. The average Bonchev–Trinajstić information content (AvgIpc) is 2.76. The van der Waals surface area contributed by atoms with E-state index in [9.17, 15) is 10.1 Å². The Kier molecular flexibility index (Phi) is 3.00. The van der Waals surface area contributed by atoms with Crippen LogP contribution in [-0.2, 0) is 4.74 Å². The maximum atomic E-state index is 11.3. The molecule has 2 aliphatic rings. The van der Waals surface area contributed by atoms with Crippen molar-refractivity contribution in [1.82, 2.24) is 0 Å². The van der Waals surface area contributed by atoms with Crippen molar-refractivity contribution in [3.8, 4) is 0 Å². The second-order valence-electron chi connectivity index (χ2n) is 4.94. The zero-order valence-corrected chi connectivity index (χ0v) is 10.4. The third-order valence-electron chi connectivity index (χ3n) is 3.74. The van der Waals surface area contributed by atoms with Crippen molar-refractivity contribution in [3.05, 3.63) is 28.3 Å². The van der Waals surface area contributed by atoms with Gasteiger partial charge in [0.05, 0.1) is 17.1 Å². The van der Waals surface area contributed by atoms with Crippen LogP contribution < -0.4 is 16.2 Å². The molecule has 2 saturated heterocycles. The number of nitro groups is 1. The summed E-state index contributed by atoms with van der Waals surface area (Å²) in [5.74, 6) is 5.36. The number of para-hydroxylation sites is 1. The maximum Gasteiger partial charge on any atom is 0.316 e. The summed E-state index contributed by atoms with van der Waals surface area (Å²) >= 11 is 0. The number of anilines is 2. The van der Waals surface area contributed by atoms with Gasteiger partial charge >= 0.3 is 5.69 Å². The SMILES string of the molecule is NNc1cccc(N2CC3CCC(C2)O3)c1[N+](=O)[O-]. The summed E-state index contributed by atoms with van der Waals surface area (Å²) in [7, 11) is 0. The molecule has 1 aromatic carbocycles. The molecule has 2 heterocycles. The van der Waals surface area contributed by atoms with E-state index in [0.29, 0.717) is 24.5 Å². The number of morpholine rings is 1. The predicted octanol–water partition coefficient (Wildman–Crippen LogP) is 1.25. The van der Waals surface area contributed by atoms with Gasteiger partial charge in [-0.2, -0.15) is 0 Å². The molecule has 7 heteroatoms. The molecule has 1 aromatic rings. The number of nitrogen functional groups attached to an aromatic ring is 1. The zero-order chi connectivity index (χ0) is 13.4. The van der Waals surface area contributed by atoms with Gasteiger partial charge in [-0.15, -0.1) is 0 Å². The Bertz CT molecular complexity index is 496. The van der Waals surface area contributed by atoms with Crippen LogP contribution in [0.15, 0.2) is 18.2 Å². The van der Waals surface area contributed by atoms with Crippen molar-refractivity contribution in [3.63, 3.8) is 0 Å². The van der Waals surface area contributed by atoms with Gasteiger partial charge in [0.1, 0.15) is 11.4 Å². The first kappa shape index (κ1) is 12.2. The first-order valence-corrected chi connectivity index (χ1v) is 6.33. The number of hydrogen-bond acceptors (Lipinski definition) is 6. The molecule has 7 nitrogen and oxygen atoms in total. The smallest absolute Gasteiger partial charge is 0.316 e. The van der Waals surface area contributed by atoms with Gasteiger partial charge in [0, 0.05) is 13.1 Å². The number of ether oxygens (including phenoxy) is 1. The third kappa shape index (κ3) is 2.11. The molecule has 0 aliphatic carbocycles. The minimum Gasteiger partial charge on any atom is -0.371 e. The summed E-state index contributed by atoms with van der Waals surface area (Å²) in [6.45, 7) is 1.40. The van der Waals surface area contributed by atoms with Crippen LogP contribution in [0.1, 0.15) is 12.8 Å². The Morgan fingerprint density at radius 1 is 1.37 bits per heavy atom. The van der Waals surface area contributed by atoms with Crippen LogP contribution in [0.4, 0.5) is 17.1 Å². The summed E-state index contributed by atoms with van der Waals surface area (Å²) in [4.78, 5) is 12.9. The molecule has 0 spiro atoms. The van der Waals surface area contributed by atoms with Crippen molar-refractivity contribution < 1.29 is 9.66 Å². The highest BCUT2D eigenvalue weighted by Crippen LogP contribution is 2.38. The van der Waals surface area contributed by atoms with Crippen LogP contribution in [-0.4, -0.2) is 30.2 Å². The third-order valence-corrected chi connectivity index (χ3v) is 3.74. The van der Waals surface area contributed by atoms with Crippen LogP contribution >= 0.6 is 0 Å². The topological polar surface area (TPSA) is 93.7 Å². The standard InChI is InChI=1S/C12H16N4O3/c13-14-10-2-1-3-11(12(10)16(17)18)15-6-8-4-5-9(7-15)19-8/h1-3,8-9,14H,4-7,13H2. The number of benzene rings is 1. The summed E-state index contributed by atoms with van der Waals surface area (Å²) in [5.41, 5.74) is 3.37. The minimum absolute atomic E-state index is 0.0336. The summed E-state index contributed by atoms with van der Waals surface area (Å²) in [6, 6.07) is 5.15. The highest BCUT2D eigenvalue weighted by atomic mass is 16.6. The van der Waals surface area contributed by atoms with Gasteiger partial charge < -0.3 is 15.1 Å². The van der Waals surface area contributed by atoms with Gasteiger partial charge in [0.2, 0.25) is 0 Å². The number of rotatable bonds is 3. The van der Waals surface area contributed by atoms with Crippen molar-refractivity contribution in [2.75, 3.05) is 23.4 Å². The second-order valence-corrected chi connectivity index (χ2v) is 4.94. The lowest BCUT2D eigenvalue weighted by atomic mass is 10.2. The van der Waals surface area contributed by atoms with Crippen LogP contribution in [0.25, 0.3) is 0 Å². The Hall–Kier alpha value is -1.86. The van der Waals surface area contributed by atoms with Crippen molar-refractivity contribution in [1.29, 1.82) is 0 Å². The molecule has 2 fully saturated rings. The maximum absolute atomic E-state index is 11.3. The molecule has 3 rings (SSSR count). The molecule has 2 bridgehead atoms. The number of nitro benzene ring substituents is 1. The molecule has 0 amide bonds. The van der Waals surface area contributed by atoms with Crippen molar-refractivity contribution in [2.45, 2.75) is 25.0 Å². The molecule has 19 heavy (non-hydrogen) atoms. The molecule has 0 radical (unpaired) electrons. The Balaban J connectivity index is 1.98. The molecule has 0 aromatic heterocycles. The highest BCUT2D eigenvalue weighted by Gasteiger charge is 2.36. The summed E-state index contributed by atoms with van der Waals surface area (Å²) < 4.78 is 5.75. The van der Waals surface area contributed by atoms with Crippen LogP contribution in [0.5, 0.6) is 0 Å². The largest absolute Gasteiger partial charge is 0.371 e. The number of nitrogens with two attached hydrogens (primary N) is 1. The average molecular weight is 264 g/mol. The second kappa shape index (κ2) is 4.67. The van der Waals surface area contributed by atoms with E-state index in [1.54, 1.807) is 18.2 Å². The Labute approximate surface area is 110 Å². The first-order valence-electron chi connectivity index (χ1n) is 6.33. The van der Waals surface area contributed by atoms with Gasteiger partial charge in [0.15, 0.2) is 0 Å². The van der Waals surface area contributed by atoms with Gasteiger partial charge in [-0.3, -0.25) is 16.0 Å². The lowest BCUT2D eigenvalue weighted by Crippen LogP contribution is -2.42. The van der Waals surface area contributed by atoms with E-state index in [1.807, 2.05) is 4.90 Å². The van der Waals surface area contributed by atoms with Gasteiger partial charge in [0.25, 0.3) is 0 Å². The molecule has 2 aliphatic heterocycles. The van der Waals surface area contributed by atoms with E-state index in [1.165, 1.54) is 0 Å². The quantitative estimate of drug-likeness (QED) is 0.485. The monoisotopic (exact) mass is 264 g/mol. The molecular formula is C12H16N4O3. The lowest BCUT2D eigenvalue weighted by Gasteiger charge is -2.33. The van der Waals surface area contributed by atoms with Gasteiger partial charge in [-0.25, -0.2) is 0 Å². The molecule has 0 saturated carbocycles. The van der Waals surface area contributed by atoms with E-state index in [4.69, 9.17) is 10.6 Å². The highest BCUT2D eigenvalue weighted by molar-refractivity contribution is 5.76. The number of hydrogen-bond donors (Lipinski definition) is 2. The fourth-order valence-corrected chi connectivity index (χ4v) is 2.91. The van der Waals surface area contributed by atoms with Crippen LogP contribution in [0, 0.1) is 10.1 Å². The Morgan fingerprint density at radius 3 is 2.63 bits per heavy atom. The Morgan fingerprint density at radius 2 is 2.05 bits per heavy atom. The van der Waals surface area contributed by atoms with Crippen LogP contribution in [0.3, 0.4) is 0 Å². The normalized spacial score (nSPS) is 25.4. The zero-order valence-electron chi connectivity index (χ0n) is 10.4. The minimum atomic E-state index is -0.387. The van der Waals surface area contributed by atoms with E-state index in [2.05, 4.69) is 5.43 Å². The number of fused-ring (bicyclic) bond motifs is 2. The molecule has 2 unspecified atom stereocenters. The number of hydrazine groups is 1. The lowest BCUT2D eigenvalue weighted by molar-refractivity contribution is -0.383. The fourth-order valence-electron chi connectivity index (χ4n) is 2.91. The van der Waals surface area contributed by atoms with E-state index < -0.39 is 0 Å². The predicted molar refractivity (Wildman–Crippen MR) is 71.0 cm³/mol. The number of nitrogens with zero attached hydrogens (tertiary/aromatic N) is 2. The van der Waals surface area contributed by atoms with E-state index in [0.717, 1.165) is 12.8 Å². The van der Waals surface area contributed by atoms with Gasteiger partial charge in [-0.05, 0) is 25.0 Å². The van der Waals surface area contributed by atoms with Crippen molar-refractivity contribution in [2.24, 2.45) is 5.84 Å². The van der Waals surface area contributed by atoms with E-state index >= 15 is 0 Å². The molecule has 102 valence electrons. The number of nitrogens with one attached hydrogen (secondary N) is 1. The molecular weight excluding hydrogens is 248 g/mol. The van der Waals surface area contributed by atoms with Crippen molar-refractivity contribution >= 4 is 17.1 Å². The molecule has 2 atom stereocenters. The summed E-state index contributed by atoms with van der Waals surface area (Å²) in [6.07, 6.45) is 2.44. The van der Waals surface area contributed by atoms with E-state index in [-0.39, 0.29) is 22.8 Å². The van der Waals surface area contributed by atoms with Crippen LogP contribution in [0.2, 0.25) is 0 Å².